The van der Waals surface area contributed by atoms with Gasteiger partial charge in [-0.1, -0.05) is 35.0 Å². The van der Waals surface area contributed by atoms with Gasteiger partial charge in [-0.15, -0.1) is 0 Å². The van der Waals surface area contributed by atoms with E-state index in [0.29, 0.717) is 35.4 Å². The summed E-state index contributed by atoms with van der Waals surface area (Å²) in [5.41, 5.74) is 2.03. The molecule has 0 N–H and O–H groups in total. The van der Waals surface area contributed by atoms with Crippen molar-refractivity contribution in [2.75, 3.05) is 6.79 Å². The molecule has 0 saturated heterocycles. The topological polar surface area (TPSA) is 83.7 Å². The van der Waals surface area contributed by atoms with Crippen LogP contribution in [0.2, 0.25) is 0 Å². The molecule has 0 amide bonds. The van der Waals surface area contributed by atoms with Gasteiger partial charge in [-0.05, 0) is 19.1 Å². The van der Waals surface area contributed by atoms with Gasteiger partial charge in [0.25, 0.3) is 0 Å². The number of fused-ring (bicyclic) bond motifs is 1. The lowest BCUT2D eigenvalue weighted by Crippen LogP contribution is -2.09. The molecule has 3 aromatic rings. The predicted molar refractivity (Wildman–Crippen MR) is 91.0 cm³/mol. The molecule has 4 rings (SSSR count). The zero-order valence-corrected chi connectivity index (χ0v) is 14.1. The highest BCUT2D eigenvalue weighted by Crippen LogP contribution is 2.35. The first-order valence-corrected chi connectivity index (χ1v) is 8.17. The Labute approximate surface area is 149 Å². The molecule has 7 heteroatoms. The first-order chi connectivity index (χ1) is 12.7. The van der Waals surface area contributed by atoms with Gasteiger partial charge in [0.2, 0.25) is 18.5 Å². The highest BCUT2D eigenvalue weighted by molar-refractivity contribution is 5.73. The van der Waals surface area contributed by atoms with Crippen LogP contribution in [0, 0.1) is 6.92 Å². The molecular weight excluding hydrogens is 336 g/mol. The molecule has 0 saturated carbocycles. The summed E-state index contributed by atoms with van der Waals surface area (Å²) in [6, 6.07) is 12.8. The molecular formula is C19H16N2O5. The van der Waals surface area contributed by atoms with Crippen molar-refractivity contribution in [3.63, 3.8) is 0 Å². The van der Waals surface area contributed by atoms with E-state index in [-0.39, 0.29) is 19.2 Å². The normalized spacial score (nSPS) is 12.2. The van der Waals surface area contributed by atoms with E-state index >= 15 is 0 Å². The molecule has 1 aromatic heterocycles. The number of carbonyl (C=O) groups excluding carboxylic acids is 1. The van der Waals surface area contributed by atoms with Crippen LogP contribution in [0.1, 0.15) is 17.9 Å². The number of hydrogen-bond donors (Lipinski definition) is 0. The number of rotatable bonds is 5. The Kier molecular flexibility index (Phi) is 4.27. The largest absolute Gasteiger partial charge is 0.454 e. The molecule has 132 valence electrons. The van der Waals surface area contributed by atoms with E-state index < -0.39 is 0 Å². The first kappa shape index (κ1) is 16.1. The molecule has 2 aromatic carbocycles. The van der Waals surface area contributed by atoms with Gasteiger partial charge in [0.05, 0.1) is 6.42 Å². The van der Waals surface area contributed by atoms with Crippen LogP contribution in [0.3, 0.4) is 0 Å². The van der Waals surface area contributed by atoms with E-state index in [0.717, 1.165) is 11.1 Å². The third kappa shape index (κ3) is 3.51. The van der Waals surface area contributed by atoms with Crippen molar-refractivity contribution in [2.45, 2.75) is 19.8 Å². The number of aromatic nitrogens is 2. The lowest BCUT2D eigenvalue weighted by Gasteiger charge is -2.04. The van der Waals surface area contributed by atoms with Gasteiger partial charge in [0, 0.05) is 18.1 Å². The van der Waals surface area contributed by atoms with Crippen LogP contribution in [-0.4, -0.2) is 22.9 Å². The van der Waals surface area contributed by atoms with Crippen molar-refractivity contribution in [1.82, 2.24) is 10.1 Å². The number of esters is 1. The average molecular weight is 352 g/mol. The van der Waals surface area contributed by atoms with E-state index in [1.807, 2.05) is 31.2 Å². The van der Waals surface area contributed by atoms with Crippen molar-refractivity contribution < 1.29 is 23.5 Å². The Morgan fingerprint density at radius 1 is 1.12 bits per heavy atom. The summed E-state index contributed by atoms with van der Waals surface area (Å²) >= 11 is 0. The summed E-state index contributed by atoms with van der Waals surface area (Å²) in [4.78, 5) is 16.3. The second-order valence-corrected chi connectivity index (χ2v) is 5.87. The predicted octanol–water partition coefficient (Wildman–Crippen LogP) is 3.31. The van der Waals surface area contributed by atoms with Gasteiger partial charge >= 0.3 is 5.97 Å². The molecule has 2 heterocycles. The van der Waals surface area contributed by atoms with E-state index in [1.54, 1.807) is 18.2 Å². The van der Waals surface area contributed by atoms with Gasteiger partial charge in [-0.25, -0.2) is 0 Å². The smallest absolute Gasteiger partial charge is 0.311 e. The Hall–Kier alpha value is -3.35. The van der Waals surface area contributed by atoms with Crippen LogP contribution in [0.5, 0.6) is 17.2 Å². The molecule has 1 aliphatic rings. The van der Waals surface area contributed by atoms with Crippen molar-refractivity contribution in [3.8, 4) is 28.6 Å². The van der Waals surface area contributed by atoms with Crippen molar-refractivity contribution >= 4 is 5.97 Å². The average Bonchev–Trinajstić information content (AvgIpc) is 3.29. The number of aryl methyl sites for hydroxylation is 2. The van der Waals surface area contributed by atoms with E-state index in [2.05, 4.69) is 10.1 Å². The maximum Gasteiger partial charge on any atom is 0.311 e. The third-order valence-corrected chi connectivity index (χ3v) is 3.90. The fourth-order valence-electron chi connectivity index (χ4n) is 2.51. The minimum Gasteiger partial charge on any atom is -0.454 e. The Morgan fingerprint density at radius 2 is 1.92 bits per heavy atom. The fourth-order valence-corrected chi connectivity index (χ4v) is 2.51. The fraction of sp³-hybridized carbons (Fsp3) is 0.211. The van der Waals surface area contributed by atoms with Crippen LogP contribution in [-0.2, 0) is 11.2 Å². The number of hydrogen-bond acceptors (Lipinski definition) is 7. The highest BCUT2D eigenvalue weighted by Gasteiger charge is 2.16. The van der Waals surface area contributed by atoms with Crippen LogP contribution < -0.4 is 14.2 Å². The second-order valence-electron chi connectivity index (χ2n) is 5.87. The highest BCUT2D eigenvalue weighted by atomic mass is 16.7. The Bertz CT molecular complexity index is 933. The summed E-state index contributed by atoms with van der Waals surface area (Å²) < 4.78 is 21.0. The van der Waals surface area contributed by atoms with Crippen LogP contribution in [0.4, 0.5) is 0 Å². The van der Waals surface area contributed by atoms with Gasteiger partial charge in [0.1, 0.15) is 5.75 Å². The van der Waals surface area contributed by atoms with Crippen LogP contribution in [0.25, 0.3) is 11.4 Å². The van der Waals surface area contributed by atoms with Crippen molar-refractivity contribution in [2.24, 2.45) is 0 Å². The van der Waals surface area contributed by atoms with E-state index in [4.69, 9.17) is 18.7 Å². The minimum absolute atomic E-state index is 0.129. The molecule has 0 bridgehead atoms. The summed E-state index contributed by atoms with van der Waals surface area (Å²) in [6.07, 6.45) is 0.437. The quantitative estimate of drug-likeness (QED) is 0.514. The van der Waals surface area contributed by atoms with Crippen LogP contribution >= 0.6 is 0 Å². The van der Waals surface area contributed by atoms with Crippen LogP contribution in [0.15, 0.2) is 47.0 Å². The molecule has 26 heavy (non-hydrogen) atoms. The monoisotopic (exact) mass is 352 g/mol. The molecule has 0 radical (unpaired) electrons. The molecule has 1 aliphatic heterocycles. The van der Waals surface area contributed by atoms with Gasteiger partial charge in [-0.2, -0.15) is 4.98 Å². The zero-order valence-electron chi connectivity index (χ0n) is 14.1. The molecule has 0 aliphatic carbocycles. The number of ether oxygens (including phenoxy) is 3. The number of nitrogens with zero attached hydrogens (tertiary/aromatic N) is 2. The lowest BCUT2D eigenvalue weighted by atomic mass is 10.1. The summed E-state index contributed by atoms with van der Waals surface area (Å²) in [6.45, 7) is 2.18. The molecule has 0 spiro atoms. The minimum atomic E-state index is -0.390. The Balaban J connectivity index is 1.34. The summed E-state index contributed by atoms with van der Waals surface area (Å²) in [5, 5.41) is 3.95. The summed E-state index contributed by atoms with van der Waals surface area (Å²) in [5.74, 6) is 2.12. The van der Waals surface area contributed by atoms with Gasteiger partial charge in [0.15, 0.2) is 11.5 Å². The zero-order chi connectivity index (χ0) is 17.9. The van der Waals surface area contributed by atoms with Crippen molar-refractivity contribution in [1.29, 1.82) is 0 Å². The first-order valence-electron chi connectivity index (χ1n) is 8.17. The lowest BCUT2D eigenvalue weighted by molar-refractivity contribution is -0.134. The second kappa shape index (κ2) is 6.87. The molecule has 0 fully saturated rings. The van der Waals surface area contributed by atoms with E-state index in [9.17, 15) is 4.79 Å². The molecule has 0 atom stereocenters. The maximum absolute atomic E-state index is 12.0. The van der Waals surface area contributed by atoms with Gasteiger partial charge < -0.3 is 18.7 Å². The molecule has 0 unspecified atom stereocenters. The number of benzene rings is 2. The van der Waals surface area contributed by atoms with Crippen molar-refractivity contribution in [3.05, 3.63) is 53.9 Å². The SMILES string of the molecule is Cc1ccc(-c2noc(CCC(=O)Oc3ccc4c(c3)OCO4)n2)cc1. The Morgan fingerprint density at radius 3 is 2.77 bits per heavy atom. The standard InChI is InChI=1S/C19H16N2O5/c1-12-2-4-13(5-3-12)19-20-17(26-21-19)8-9-18(22)25-14-6-7-15-16(10-14)24-11-23-15/h2-7,10H,8-9,11H2,1H3. The van der Waals surface area contributed by atoms with E-state index in [1.165, 1.54) is 0 Å². The third-order valence-electron chi connectivity index (χ3n) is 3.90. The number of carbonyl (C=O) groups is 1. The summed E-state index contributed by atoms with van der Waals surface area (Å²) in [7, 11) is 0. The maximum atomic E-state index is 12.0. The molecule has 7 nitrogen and oxygen atoms in total. The van der Waals surface area contributed by atoms with Gasteiger partial charge in [-0.3, -0.25) is 4.79 Å².